The van der Waals surface area contributed by atoms with Crippen LogP contribution in [0.3, 0.4) is 0 Å². The van der Waals surface area contributed by atoms with E-state index >= 15 is 0 Å². The minimum Gasteiger partial charge on any atom is -0.357 e. The number of ketones is 1. The third-order valence-corrected chi connectivity index (χ3v) is 7.09. The zero-order valence-corrected chi connectivity index (χ0v) is 21.7. The molecule has 1 atom stereocenters. The highest BCUT2D eigenvalue weighted by atomic mass is 35.5. The molecular formula is C23H27Cl2N3O5S. The van der Waals surface area contributed by atoms with E-state index in [9.17, 15) is 22.8 Å². The molecule has 184 valence electrons. The minimum atomic E-state index is -3.91. The molecule has 1 N–H and O–H groups in total. The van der Waals surface area contributed by atoms with Gasteiger partial charge in [0.2, 0.25) is 21.8 Å². The standard InChI is InChI=1S/C23H27Cl2N3O5S/c1-5-21(23(31)26-3)27(13-18-19(24)10-7-11-20(18)25)22(30)14-28(34(4,32)33)17-9-6-8-16(12-17)15(2)29/h6-12,21H,5,13-14H2,1-4H3,(H,26,31)/t21-/m1/s1. The zero-order valence-electron chi connectivity index (χ0n) is 19.3. The highest BCUT2D eigenvalue weighted by Gasteiger charge is 2.32. The number of carbonyl (C=O) groups is 3. The molecule has 0 spiro atoms. The van der Waals surface area contributed by atoms with Gasteiger partial charge < -0.3 is 10.2 Å². The lowest BCUT2D eigenvalue weighted by Gasteiger charge is -2.33. The Morgan fingerprint density at radius 2 is 1.65 bits per heavy atom. The molecule has 8 nitrogen and oxygen atoms in total. The van der Waals surface area contributed by atoms with Crippen LogP contribution in [0.4, 0.5) is 5.69 Å². The first-order valence-corrected chi connectivity index (χ1v) is 13.0. The summed E-state index contributed by atoms with van der Waals surface area (Å²) in [7, 11) is -2.46. The number of nitrogens with zero attached hydrogens (tertiary/aromatic N) is 2. The van der Waals surface area contributed by atoms with Gasteiger partial charge in [-0.1, -0.05) is 48.3 Å². The van der Waals surface area contributed by atoms with Gasteiger partial charge >= 0.3 is 0 Å². The molecule has 34 heavy (non-hydrogen) atoms. The summed E-state index contributed by atoms with van der Waals surface area (Å²) in [6.45, 7) is 2.41. The average Bonchev–Trinajstić information content (AvgIpc) is 2.78. The Balaban J connectivity index is 2.52. The third kappa shape index (κ3) is 6.71. The molecule has 0 unspecified atom stereocenters. The van der Waals surface area contributed by atoms with Gasteiger partial charge in [-0.05, 0) is 37.6 Å². The highest BCUT2D eigenvalue weighted by molar-refractivity contribution is 7.92. The van der Waals surface area contributed by atoms with Gasteiger partial charge in [0.1, 0.15) is 12.6 Å². The Bertz CT molecular complexity index is 1170. The van der Waals surface area contributed by atoms with Gasteiger partial charge in [-0.3, -0.25) is 18.7 Å². The van der Waals surface area contributed by atoms with E-state index < -0.39 is 34.4 Å². The number of anilines is 1. The smallest absolute Gasteiger partial charge is 0.244 e. The van der Waals surface area contributed by atoms with E-state index in [2.05, 4.69) is 5.32 Å². The number of rotatable bonds is 10. The van der Waals surface area contributed by atoms with E-state index in [0.29, 0.717) is 21.2 Å². The molecule has 0 aromatic heterocycles. The van der Waals surface area contributed by atoms with Gasteiger partial charge in [-0.15, -0.1) is 0 Å². The van der Waals surface area contributed by atoms with Crippen molar-refractivity contribution in [2.45, 2.75) is 32.9 Å². The van der Waals surface area contributed by atoms with Crippen LogP contribution < -0.4 is 9.62 Å². The molecule has 2 aromatic carbocycles. The first-order valence-electron chi connectivity index (χ1n) is 10.4. The maximum Gasteiger partial charge on any atom is 0.244 e. The molecule has 0 aliphatic rings. The third-order valence-electron chi connectivity index (χ3n) is 5.24. The highest BCUT2D eigenvalue weighted by Crippen LogP contribution is 2.28. The zero-order chi connectivity index (χ0) is 25.6. The van der Waals surface area contributed by atoms with E-state index in [1.54, 1.807) is 31.2 Å². The summed E-state index contributed by atoms with van der Waals surface area (Å²) in [4.78, 5) is 39.2. The van der Waals surface area contributed by atoms with Crippen LogP contribution in [0.5, 0.6) is 0 Å². The molecule has 0 radical (unpaired) electrons. The molecule has 0 heterocycles. The van der Waals surface area contributed by atoms with Crippen LogP contribution >= 0.6 is 23.2 Å². The molecule has 0 bridgehead atoms. The lowest BCUT2D eigenvalue weighted by Crippen LogP contribution is -2.51. The van der Waals surface area contributed by atoms with Crippen LogP contribution in [0.2, 0.25) is 10.0 Å². The Morgan fingerprint density at radius 1 is 1.06 bits per heavy atom. The maximum absolute atomic E-state index is 13.5. The van der Waals surface area contributed by atoms with Gasteiger partial charge in [0.05, 0.1) is 11.9 Å². The van der Waals surface area contributed by atoms with Crippen molar-refractivity contribution in [2.24, 2.45) is 0 Å². The van der Waals surface area contributed by atoms with Crippen LogP contribution in [-0.2, 0) is 26.2 Å². The van der Waals surface area contributed by atoms with E-state index in [1.807, 2.05) is 0 Å². The number of hydrogen-bond donors (Lipinski definition) is 1. The van der Waals surface area contributed by atoms with Gasteiger partial charge in [0, 0.05) is 34.8 Å². The topological polar surface area (TPSA) is 104 Å². The number of carbonyl (C=O) groups excluding carboxylic acids is 3. The van der Waals surface area contributed by atoms with Crippen molar-refractivity contribution in [3.63, 3.8) is 0 Å². The SMILES string of the molecule is CC[C@H](C(=O)NC)N(Cc1c(Cl)cccc1Cl)C(=O)CN(c1cccc(C(C)=O)c1)S(C)(=O)=O. The fourth-order valence-corrected chi connectivity index (χ4v) is 4.79. The van der Waals surface area contributed by atoms with Crippen molar-refractivity contribution in [2.75, 3.05) is 24.2 Å². The number of nitrogens with one attached hydrogen (secondary N) is 1. The number of likely N-dealkylation sites (N-methyl/N-ethyl adjacent to an activating group) is 1. The monoisotopic (exact) mass is 527 g/mol. The quantitative estimate of drug-likeness (QED) is 0.476. The summed E-state index contributed by atoms with van der Waals surface area (Å²) in [6, 6.07) is 9.98. The lowest BCUT2D eigenvalue weighted by atomic mass is 10.1. The number of halogens is 2. The van der Waals surface area contributed by atoms with Crippen LogP contribution in [-0.4, -0.2) is 56.8 Å². The van der Waals surface area contributed by atoms with Crippen LogP contribution in [0.15, 0.2) is 42.5 Å². The van der Waals surface area contributed by atoms with E-state index in [-0.39, 0.29) is 24.4 Å². The average molecular weight is 528 g/mol. The van der Waals surface area contributed by atoms with Gasteiger partial charge in [0.25, 0.3) is 0 Å². The second-order valence-corrected chi connectivity index (χ2v) is 10.4. The van der Waals surface area contributed by atoms with Crippen LogP contribution in [0.25, 0.3) is 0 Å². The van der Waals surface area contributed by atoms with E-state index in [0.717, 1.165) is 10.6 Å². The van der Waals surface area contributed by atoms with Crippen molar-refractivity contribution in [3.8, 4) is 0 Å². The van der Waals surface area contributed by atoms with E-state index in [1.165, 1.54) is 37.1 Å². The number of benzene rings is 2. The van der Waals surface area contributed by atoms with Gasteiger partial charge in [-0.2, -0.15) is 0 Å². The predicted molar refractivity (Wildman–Crippen MR) is 134 cm³/mol. The fourth-order valence-electron chi connectivity index (χ4n) is 3.43. The second-order valence-electron chi connectivity index (χ2n) is 7.64. The Hall–Kier alpha value is -2.62. The summed E-state index contributed by atoms with van der Waals surface area (Å²) in [5.74, 6) is -1.30. The summed E-state index contributed by atoms with van der Waals surface area (Å²) in [5, 5.41) is 3.16. The number of Topliss-reactive ketones (excluding diaryl/α,β-unsaturated/α-hetero) is 1. The van der Waals surface area contributed by atoms with Crippen molar-refractivity contribution >= 4 is 56.5 Å². The molecule has 11 heteroatoms. The molecule has 0 aliphatic heterocycles. The summed E-state index contributed by atoms with van der Waals surface area (Å²) in [6.07, 6.45) is 1.23. The fraction of sp³-hybridized carbons (Fsp3) is 0.348. The summed E-state index contributed by atoms with van der Waals surface area (Å²) < 4.78 is 26.1. The number of hydrogen-bond acceptors (Lipinski definition) is 5. The predicted octanol–water partition coefficient (Wildman–Crippen LogP) is 3.52. The molecule has 0 fully saturated rings. The molecule has 0 saturated carbocycles. The van der Waals surface area contributed by atoms with Crippen molar-refractivity contribution in [3.05, 3.63) is 63.6 Å². The van der Waals surface area contributed by atoms with Crippen molar-refractivity contribution in [1.29, 1.82) is 0 Å². The maximum atomic E-state index is 13.5. The van der Waals surface area contributed by atoms with Gasteiger partial charge in [0.15, 0.2) is 5.78 Å². The number of amides is 2. The summed E-state index contributed by atoms with van der Waals surface area (Å²) >= 11 is 12.6. The van der Waals surface area contributed by atoms with E-state index in [4.69, 9.17) is 23.2 Å². The largest absolute Gasteiger partial charge is 0.357 e. The Morgan fingerprint density at radius 3 is 2.15 bits per heavy atom. The Kier molecular flexibility index (Phi) is 9.49. The van der Waals surface area contributed by atoms with Crippen molar-refractivity contribution in [1.82, 2.24) is 10.2 Å². The first kappa shape index (κ1) is 27.6. The minimum absolute atomic E-state index is 0.103. The van der Waals surface area contributed by atoms with Crippen LogP contribution in [0.1, 0.15) is 36.2 Å². The molecular weight excluding hydrogens is 501 g/mol. The van der Waals surface area contributed by atoms with Gasteiger partial charge in [-0.25, -0.2) is 8.42 Å². The Labute approximate surface area is 209 Å². The second kappa shape index (κ2) is 11.7. The number of sulfonamides is 1. The molecule has 0 saturated heterocycles. The molecule has 2 amide bonds. The first-order chi connectivity index (χ1) is 15.9. The summed E-state index contributed by atoms with van der Waals surface area (Å²) in [5.41, 5.74) is 0.897. The molecule has 2 aromatic rings. The van der Waals surface area contributed by atoms with Crippen molar-refractivity contribution < 1.29 is 22.8 Å². The lowest BCUT2D eigenvalue weighted by molar-refractivity contribution is -0.140. The normalized spacial score (nSPS) is 12.1. The molecule has 2 rings (SSSR count). The van der Waals surface area contributed by atoms with Crippen LogP contribution in [0, 0.1) is 0 Å². The molecule has 0 aliphatic carbocycles.